The molecule has 0 bridgehead atoms. The number of carbonyl (C=O) groups is 1. The van der Waals surface area contributed by atoms with Crippen LogP contribution in [0.1, 0.15) is 12.0 Å². The maximum atomic E-state index is 12.0. The number of nitrogens with one attached hydrogen (secondary N) is 1. The zero-order valence-corrected chi connectivity index (χ0v) is 14.5. The van der Waals surface area contributed by atoms with Gasteiger partial charge in [-0.1, -0.05) is 30.3 Å². The Morgan fingerprint density at radius 2 is 2.12 bits per heavy atom. The summed E-state index contributed by atoms with van der Waals surface area (Å²) in [5.41, 5.74) is 1.01. The van der Waals surface area contributed by atoms with Gasteiger partial charge < -0.3 is 20.1 Å². The highest BCUT2D eigenvalue weighted by molar-refractivity contribution is 7.91. The van der Waals surface area contributed by atoms with E-state index in [4.69, 9.17) is 4.74 Å². The van der Waals surface area contributed by atoms with Gasteiger partial charge in [-0.15, -0.1) is 0 Å². The van der Waals surface area contributed by atoms with Gasteiger partial charge in [0.25, 0.3) is 0 Å². The number of amides is 2. The fourth-order valence-electron chi connectivity index (χ4n) is 2.53. The number of aliphatic hydroxyl groups excluding tert-OH is 1. The van der Waals surface area contributed by atoms with E-state index in [9.17, 15) is 18.3 Å². The van der Waals surface area contributed by atoms with Gasteiger partial charge in [-0.05, 0) is 12.0 Å². The van der Waals surface area contributed by atoms with Gasteiger partial charge in [0.1, 0.15) is 0 Å². The quantitative estimate of drug-likeness (QED) is 0.737. The van der Waals surface area contributed by atoms with E-state index in [0.717, 1.165) is 5.56 Å². The number of benzene rings is 1. The molecular formula is C16H24N2O5S. The summed E-state index contributed by atoms with van der Waals surface area (Å²) in [5, 5.41) is 12.6. The van der Waals surface area contributed by atoms with E-state index in [1.54, 1.807) is 7.05 Å². The normalized spacial score (nSPS) is 20.5. The minimum absolute atomic E-state index is 0.0185. The number of sulfone groups is 1. The number of nitrogens with zero attached hydrogens (tertiary/aromatic N) is 1. The van der Waals surface area contributed by atoms with E-state index in [0.29, 0.717) is 13.0 Å². The van der Waals surface area contributed by atoms with Crippen LogP contribution in [0.4, 0.5) is 4.79 Å². The Morgan fingerprint density at radius 3 is 2.75 bits per heavy atom. The molecule has 2 unspecified atom stereocenters. The van der Waals surface area contributed by atoms with Crippen LogP contribution >= 0.6 is 0 Å². The lowest BCUT2D eigenvalue weighted by atomic mass is 10.2. The van der Waals surface area contributed by atoms with Gasteiger partial charge >= 0.3 is 6.03 Å². The van der Waals surface area contributed by atoms with Gasteiger partial charge in [0.2, 0.25) is 0 Å². The highest BCUT2D eigenvalue weighted by atomic mass is 32.2. The summed E-state index contributed by atoms with van der Waals surface area (Å²) in [6.45, 7) is 0.623. The van der Waals surface area contributed by atoms with Crippen molar-refractivity contribution in [3.8, 4) is 0 Å². The van der Waals surface area contributed by atoms with Crippen molar-refractivity contribution in [1.29, 1.82) is 0 Å². The van der Waals surface area contributed by atoms with E-state index < -0.39 is 15.9 Å². The first-order valence-corrected chi connectivity index (χ1v) is 9.69. The fraction of sp³-hybridized carbons (Fsp3) is 0.562. The van der Waals surface area contributed by atoms with Gasteiger partial charge in [0, 0.05) is 13.1 Å². The molecule has 1 aliphatic heterocycles. The Morgan fingerprint density at radius 1 is 1.42 bits per heavy atom. The Labute approximate surface area is 142 Å². The van der Waals surface area contributed by atoms with Crippen molar-refractivity contribution in [1.82, 2.24) is 10.2 Å². The maximum absolute atomic E-state index is 12.0. The molecule has 1 aromatic carbocycles. The van der Waals surface area contributed by atoms with Crippen molar-refractivity contribution in [3.05, 3.63) is 35.9 Å². The van der Waals surface area contributed by atoms with Crippen LogP contribution in [0, 0.1) is 0 Å². The van der Waals surface area contributed by atoms with Crippen LogP contribution in [0.25, 0.3) is 0 Å². The predicted molar refractivity (Wildman–Crippen MR) is 90.3 cm³/mol. The van der Waals surface area contributed by atoms with Crippen LogP contribution in [0.15, 0.2) is 30.3 Å². The summed E-state index contributed by atoms with van der Waals surface area (Å²) < 4.78 is 28.2. The number of ether oxygens (including phenoxy) is 1. The monoisotopic (exact) mass is 356 g/mol. The molecule has 8 heteroatoms. The lowest BCUT2D eigenvalue weighted by Crippen LogP contribution is -2.46. The van der Waals surface area contributed by atoms with Crippen LogP contribution < -0.4 is 5.32 Å². The fourth-order valence-corrected chi connectivity index (χ4v) is 4.21. The largest absolute Gasteiger partial charge is 0.389 e. The third-order valence-electron chi connectivity index (χ3n) is 3.81. The van der Waals surface area contributed by atoms with Crippen LogP contribution in [0.2, 0.25) is 0 Å². The summed E-state index contributed by atoms with van der Waals surface area (Å²) in [4.78, 5) is 13.3. The summed E-state index contributed by atoms with van der Waals surface area (Å²) in [6, 6.07) is 8.87. The molecule has 7 nitrogen and oxygen atoms in total. The van der Waals surface area contributed by atoms with Crippen molar-refractivity contribution in [3.63, 3.8) is 0 Å². The molecule has 2 atom stereocenters. The Balaban J connectivity index is 1.67. The molecule has 1 aromatic rings. The lowest BCUT2D eigenvalue weighted by Gasteiger charge is -2.23. The topological polar surface area (TPSA) is 95.9 Å². The Bertz CT molecular complexity index is 635. The molecule has 1 fully saturated rings. The Hall–Kier alpha value is -1.64. The van der Waals surface area contributed by atoms with E-state index >= 15 is 0 Å². The van der Waals surface area contributed by atoms with Crippen molar-refractivity contribution in [2.75, 3.05) is 31.7 Å². The highest BCUT2D eigenvalue weighted by Gasteiger charge is 2.29. The highest BCUT2D eigenvalue weighted by Crippen LogP contribution is 2.11. The standard InChI is InChI=1S/C16H24N2O5S/c1-18(16(20)17-14-7-8-24(21,22)12-14)9-15(19)11-23-10-13-5-3-2-4-6-13/h2-6,14-15,19H,7-12H2,1H3,(H,17,20). The first kappa shape index (κ1) is 18.7. The molecule has 0 spiro atoms. The number of urea groups is 1. The molecule has 0 aromatic heterocycles. The van der Waals surface area contributed by atoms with Crippen molar-refractivity contribution in [2.45, 2.75) is 25.2 Å². The molecule has 0 saturated carbocycles. The summed E-state index contributed by atoms with van der Waals surface area (Å²) in [6.07, 6.45) is -0.373. The van der Waals surface area contributed by atoms with Gasteiger partial charge in [-0.3, -0.25) is 0 Å². The van der Waals surface area contributed by atoms with Crippen LogP contribution in [0.3, 0.4) is 0 Å². The number of rotatable bonds is 7. The minimum atomic E-state index is -3.03. The van der Waals surface area contributed by atoms with Crippen LogP contribution in [-0.4, -0.2) is 68.3 Å². The minimum Gasteiger partial charge on any atom is -0.389 e. The second kappa shape index (κ2) is 8.46. The molecule has 2 amide bonds. The molecule has 0 aliphatic carbocycles. The summed E-state index contributed by atoms with van der Waals surface area (Å²) in [7, 11) is -1.48. The molecule has 1 heterocycles. The number of carbonyl (C=O) groups excluding carboxylic acids is 1. The summed E-state index contributed by atoms with van der Waals surface area (Å²) >= 11 is 0. The zero-order chi connectivity index (χ0) is 17.6. The average molecular weight is 356 g/mol. The van der Waals surface area contributed by atoms with E-state index in [-0.39, 0.29) is 36.7 Å². The van der Waals surface area contributed by atoms with Crippen LogP contribution in [0.5, 0.6) is 0 Å². The van der Waals surface area contributed by atoms with Crippen molar-refractivity contribution >= 4 is 15.9 Å². The van der Waals surface area contributed by atoms with E-state index in [1.165, 1.54) is 4.90 Å². The Kier molecular flexibility index (Phi) is 6.59. The molecule has 1 aliphatic rings. The second-order valence-electron chi connectivity index (χ2n) is 6.08. The van der Waals surface area contributed by atoms with Gasteiger partial charge in [0.15, 0.2) is 9.84 Å². The van der Waals surface area contributed by atoms with Crippen molar-refractivity contribution in [2.24, 2.45) is 0 Å². The molecule has 1 saturated heterocycles. The molecule has 134 valence electrons. The number of likely N-dealkylation sites (N-methyl/N-ethyl adjacent to an activating group) is 1. The molecular weight excluding hydrogens is 332 g/mol. The molecule has 2 rings (SSSR count). The smallest absolute Gasteiger partial charge is 0.317 e. The number of hydrogen-bond donors (Lipinski definition) is 2. The van der Waals surface area contributed by atoms with Gasteiger partial charge in [0.05, 0.1) is 37.4 Å². The molecule has 0 radical (unpaired) electrons. The first-order valence-electron chi connectivity index (χ1n) is 7.87. The molecule has 2 N–H and O–H groups in total. The van der Waals surface area contributed by atoms with Crippen molar-refractivity contribution < 1.29 is 23.1 Å². The number of aliphatic hydroxyl groups is 1. The first-order chi connectivity index (χ1) is 11.4. The van der Waals surface area contributed by atoms with Gasteiger partial charge in [-0.25, -0.2) is 13.2 Å². The maximum Gasteiger partial charge on any atom is 0.317 e. The third kappa shape index (κ3) is 6.10. The predicted octanol–water partition coefficient (Wildman–Crippen LogP) is 0.393. The van der Waals surface area contributed by atoms with Gasteiger partial charge in [-0.2, -0.15) is 0 Å². The van der Waals surface area contributed by atoms with E-state index in [1.807, 2.05) is 30.3 Å². The SMILES string of the molecule is CN(CC(O)COCc1ccccc1)C(=O)NC1CCS(=O)(=O)C1. The summed E-state index contributed by atoms with van der Waals surface area (Å²) in [5.74, 6) is 0.0902. The van der Waals surface area contributed by atoms with E-state index in [2.05, 4.69) is 5.32 Å². The number of hydrogen-bond acceptors (Lipinski definition) is 5. The lowest BCUT2D eigenvalue weighted by molar-refractivity contribution is 0.0180. The average Bonchev–Trinajstić information content (AvgIpc) is 2.87. The molecule has 24 heavy (non-hydrogen) atoms. The second-order valence-corrected chi connectivity index (χ2v) is 8.31. The van der Waals surface area contributed by atoms with Crippen LogP contribution in [-0.2, 0) is 21.2 Å². The zero-order valence-electron chi connectivity index (χ0n) is 13.7. The third-order valence-corrected chi connectivity index (χ3v) is 5.58.